The second kappa shape index (κ2) is 7.40. The van der Waals surface area contributed by atoms with Crippen LogP contribution < -0.4 is 5.56 Å². The lowest BCUT2D eigenvalue weighted by Crippen LogP contribution is -2.22. The van der Waals surface area contributed by atoms with E-state index in [0.29, 0.717) is 24.3 Å². The van der Waals surface area contributed by atoms with Gasteiger partial charge in [-0.15, -0.1) is 0 Å². The lowest BCUT2D eigenvalue weighted by Gasteiger charge is -2.09. The Morgan fingerprint density at radius 2 is 2.09 bits per heavy atom. The Kier molecular flexibility index (Phi) is 5.55. The van der Waals surface area contributed by atoms with E-state index in [0.717, 1.165) is 16.5 Å². The summed E-state index contributed by atoms with van der Waals surface area (Å²) < 4.78 is 7.60. The van der Waals surface area contributed by atoms with Gasteiger partial charge in [-0.25, -0.2) is 4.79 Å². The molecular formula is C17H18BrNO3. The molecule has 5 heteroatoms. The smallest absolute Gasteiger partial charge is 0.338 e. The van der Waals surface area contributed by atoms with Crippen LogP contribution in [0.5, 0.6) is 0 Å². The van der Waals surface area contributed by atoms with Crippen LogP contribution in [0.25, 0.3) is 0 Å². The van der Waals surface area contributed by atoms with Crippen LogP contribution in [0.4, 0.5) is 0 Å². The monoisotopic (exact) mass is 363 g/mol. The molecule has 0 aliphatic heterocycles. The Labute approximate surface area is 137 Å². The van der Waals surface area contributed by atoms with Gasteiger partial charge in [0.05, 0.1) is 18.7 Å². The molecule has 0 atom stereocenters. The van der Waals surface area contributed by atoms with Gasteiger partial charge < -0.3 is 9.30 Å². The normalized spacial score (nSPS) is 10.5. The molecule has 1 aromatic heterocycles. The molecule has 0 saturated carbocycles. The summed E-state index contributed by atoms with van der Waals surface area (Å²) >= 11 is 3.39. The number of aromatic nitrogens is 1. The largest absolute Gasteiger partial charge is 0.462 e. The molecule has 2 rings (SSSR count). The van der Waals surface area contributed by atoms with Crippen molar-refractivity contribution >= 4 is 21.9 Å². The lowest BCUT2D eigenvalue weighted by molar-refractivity contribution is 0.0505. The molecule has 2 aromatic rings. The summed E-state index contributed by atoms with van der Waals surface area (Å²) in [5.41, 5.74) is 2.02. The van der Waals surface area contributed by atoms with Gasteiger partial charge >= 0.3 is 5.97 Å². The van der Waals surface area contributed by atoms with Crippen molar-refractivity contribution in [3.63, 3.8) is 0 Å². The van der Waals surface area contributed by atoms with Gasteiger partial charge in [0, 0.05) is 16.2 Å². The first-order valence-electron chi connectivity index (χ1n) is 7.14. The van der Waals surface area contributed by atoms with Crippen LogP contribution in [0.2, 0.25) is 0 Å². The minimum absolute atomic E-state index is 0.0397. The van der Waals surface area contributed by atoms with Crippen molar-refractivity contribution < 1.29 is 9.53 Å². The van der Waals surface area contributed by atoms with E-state index in [1.807, 2.05) is 13.0 Å². The third-order valence-corrected chi connectivity index (χ3v) is 3.62. The maximum atomic E-state index is 12.1. The number of esters is 1. The first kappa shape index (κ1) is 16.5. The molecule has 22 heavy (non-hydrogen) atoms. The Hall–Kier alpha value is -1.88. The van der Waals surface area contributed by atoms with E-state index in [2.05, 4.69) is 15.9 Å². The topological polar surface area (TPSA) is 48.3 Å². The van der Waals surface area contributed by atoms with E-state index in [1.54, 1.807) is 42.0 Å². The van der Waals surface area contributed by atoms with Crippen molar-refractivity contribution in [2.45, 2.75) is 26.8 Å². The summed E-state index contributed by atoms with van der Waals surface area (Å²) in [6, 6.07) is 8.96. The second-order valence-electron chi connectivity index (χ2n) is 5.11. The van der Waals surface area contributed by atoms with Crippen molar-refractivity contribution in [2.24, 2.45) is 0 Å². The van der Waals surface area contributed by atoms with Crippen LogP contribution in [0.1, 0.15) is 34.8 Å². The fourth-order valence-electron chi connectivity index (χ4n) is 2.13. The van der Waals surface area contributed by atoms with Gasteiger partial charge in [-0.3, -0.25) is 4.79 Å². The number of carbonyl (C=O) groups excluding carboxylic acids is 1. The SMILES string of the molecule is CCCOC(=O)c1cccc(Cn2cc(Br)cc(C)c2=O)c1. The molecule has 0 aliphatic rings. The maximum absolute atomic E-state index is 12.1. The highest BCUT2D eigenvalue weighted by Gasteiger charge is 2.08. The lowest BCUT2D eigenvalue weighted by atomic mass is 10.1. The minimum Gasteiger partial charge on any atom is -0.462 e. The van der Waals surface area contributed by atoms with Crippen molar-refractivity contribution in [1.82, 2.24) is 4.57 Å². The summed E-state index contributed by atoms with van der Waals surface area (Å²) in [5, 5.41) is 0. The number of nitrogens with zero attached hydrogens (tertiary/aromatic N) is 1. The molecule has 0 unspecified atom stereocenters. The number of aryl methyl sites for hydroxylation is 1. The van der Waals surface area contributed by atoms with Gasteiger partial charge in [0.2, 0.25) is 0 Å². The van der Waals surface area contributed by atoms with Crippen molar-refractivity contribution in [2.75, 3.05) is 6.61 Å². The summed E-state index contributed by atoms with van der Waals surface area (Å²) in [6.07, 6.45) is 2.54. The van der Waals surface area contributed by atoms with Crippen LogP contribution in [0, 0.1) is 6.92 Å². The van der Waals surface area contributed by atoms with E-state index < -0.39 is 0 Å². The molecule has 0 radical (unpaired) electrons. The number of ether oxygens (including phenoxy) is 1. The number of benzene rings is 1. The molecule has 0 fully saturated rings. The van der Waals surface area contributed by atoms with Crippen molar-refractivity contribution in [3.8, 4) is 0 Å². The molecule has 1 aromatic carbocycles. The summed E-state index contributed by atoms with van der Waals surface area (Å²) in [6.45, 7) is 4.55. The third-order valence-electron chi connectivity index (χ3n) is 3.18. The first-order valence-corrected chi connectivity index (χ1v) is 7.93. The van der Waals surface area contributed by atoms with E-state index >= 15 is 0 Å². The first-order chi connectivity index (χ1) is 10.5. The van der Waals surface area contributed by atoms with E-state index in [-0.39, 0.29) is 11.5 Å². The highest BCUT2D eigenvalue weighted by atomic mass is 79.9. The molecule has 0 spiro atoms. The Morgan fingerprint density at radius 3 is 2.82 bits per heavy atom. The molecule has 1 heterocycles. The highest BCUT2D eigenvalue weighted by molar-refractivity contribution is 9.10. The fourth-order valence-corrected chi connectivity index (χ4v) is 2.72. The van der Waals surface area contributed by atoms with Crippen molar-refractivity contribution in [1.29, 1.82) is 0 Å². The molecule has 0 amide bonds. The fraction of sp³-hybridized carbons (Fsp3) is 0.294. The van der Waals surface area contributed by atoms with E-state index in [1.165, 1.54) is 0 Å². The average molecular weight is 364 g/mol. The van der Waals surface area contributed by atoms with Crippen LogP contribution in [0.15, 0.2) is 45.8 Å². The number of carbonyl (C=O) groups is 1. The summed E-state index contributed by atoms with van der Waals surface area (Å²) in [4.78, 5) is 24.0. The molecule has 0 aliphatic carbocycles. The van der Waals surface area contributed by atoms with Crippen LogP contribution in [-0.4, -0.2) is 17.1 Å². The molecule has 0 bridgehead atoms. The number of pyridine rings is 1. The standard InChI is InChI=1S/C17H18BrNO3/c1-3-7-22-17(21)14-6-4-5-13(9-14)10-19-11-15(18)8-12(2)16(19)20/h4-6,8-9,11H,3,7,10H2,1-2H3. The van der Waals surface area contributed by atoms with E-state index in [9.17, 15) is 9.59 Å². The van der Waals surface area contributed by atoms with E-state index in [4.69, 9.17) is 4.74 Å². The second-order valence-corrected chi connectivity index (χ2v) is 6.03. The quantitative estimate of drug-likeness (QED) is 0.763. The number of hydrogen-bond donors (Lipinski definition) is 0. The average Bonchev–Trinajstić information content (AvgIpc) is 2.50. The summed E-state index contributed by atoms with van der Waals surface area (Å²) in [7, 11) is 0. The van der Waals surface area contributed by atoms with Gasteiger partial charge in [0.1, 0.15) is 0 Å². The zero-order valence-electron chi connectivity index (χ0n) is 12.6. The number of halogens is 1. The number of rotatable bonds is 5. The van der Waals surface area contributed by atoms with Gasteiger partial charge in [-0.1, -0.05) is 19.1 Å². The predicted octanol–water partition coefficient (Wildman–Crippen LogP) is 3.53. The molecule has 4 nitrogen and oxygen atoms in total. The van der Waals surface area contributed by atoms with Crippen LogP contribution in [-0.2, 0) is 11.3 Å². The maximum Gasteiger partial charge on any atom is 0.338 e. The third kappa shape index (κ3) is 4.07. The predicted molar refractivity (Wildman–Crippen MR) is 89.3 cm³/mol. The Bertz CT molecular complexity index is 737. The van der Waals surface area contributed by atoms with Crippen LogP contribution >= 0.6 is 15.9 Å². The van der Waals surface area contributed by atoms with Gasteiger partial charge in [0.15, 0.2) is 0 Å². The zero-order chi connectivity index (χ0) is 16.1. The Balaban J connectivity index is 2.24. The van der Waals surface area contributed by atoms with Gasteiger partial charge in [-0.05, 0) is 53.0 Å². The zero-order valence-corrected chi connectivity index (χ0v) is 14.2. The molecular weight excluding hydrogens is 346 g/mol. The van der Waals surface area contributed by atoms with Gasteiger partial charge in [0.25, 0.3) is 5.56 Å². The number of hydrogen-bond acceptors (Lipinski definition) is 3. The molecule has 116 valence electrons. The highest BCUT2D eigenvalue weighted by Crippen LogP contribution is 2.12. The Morgan fingerprint density at radius 1 is 1.32 bits per heavy atom. The molecule has 0 saturated heterocycles. The molecule has 0 N–H and O–H groups in total. The minimum atomic E-state index is -0.332. The van der Waals surface area contributed by atoms with Gasteiger partial charge in [-0.2, -0.15) is 0 Å². The summed E-state index contributed by atoms with van der Waals surface area (Å²) in [5.74, 6) is -0.332. The van der Waals surface area contributed by atoms with Crippen molar-refractivity contribution in [3.05, 3.63) is 68.0 Å². The van der Waals surface area contributed by atoms with Crippen LogP contribution in [0.3, 0.4) is 0 Å².